The Bertz CT molecular complexity index is 708. The number of aryl methyl sites for hydroxylation is 1. The first-order chi connectivity index (χ1) is 9.33. The Morgan fingerprint density at radius 3 is 2.63 bits per heavy atom. The Morgan fingerprint density at radius 2 is 1.79 bits per heavy atom. The molecule has 0 radical (unpaired) electrons. The molecule has 0 N–H and O–H groups in total. The molecule has 0 bridgehead atoms. The van der Waals surface area contributed by atoms with E-state index in [1.54, 1.807) is 0 Å². The van der Waals surface area contributed by atoms with Crippen LogP contribution in [0.2, 0.25) is 0 Å². The highest BCUT2D eigenvalue weighted by atomic mass is 15.2. The van der Waals surface area contributed by atoms with E-state index in [0.29, 0.717) is 0 Å². The van der Waals surface area contributed by atoms with Crippen molar-refractivity contribution in [2.24, 2.45) is 10.2 Å². The number of rotatable bonds is 1. The molecule has 0 aromatic heterocycles. The van der Waals surface area contributed by atoms with Crippen LogP contribution in [0.1, 0.15) is 28.3 Å². The van der Waals surface area contributed by atoms with Crippen LogP contribution in [0.15, 0.2) is 64.3 Å². The van der Waals surface area contributed by atoms with Crippen LogP contribution in [-0.4, -0.2) is 0 Å². The zero-order chi connectivity index (χ0) is 12.8. The third kappa shape index (κ3) is 1.56. The third-order valence-electron chi connectivity index (χ3n) is 3.96. The zero-order valence-corrected chi connectivity index (χ0v) is 10.8. The van der Waals surface area contributed by atoms with Crippen LogP contribution in [0.25, 0.3) is 5.70 Å². The third-order valence-corrected chi connectivity index (χ3v) is 3.96. The lowest BCUT2D eigenvalue weighted by atomic mass is 10.0. The van der Waals surface area contributed by atoms with Crippen LogP contribution >= 0.6 is 0 Å². The number of fused-ring (bicyclic) bond motifs is 3. The number of benzene rings is 2. The molecule has 2 aliphatic rings. The minimum absolute atomic E-state index is 0.160. The van der Waals surface area contributed by atoms with Crippen molar-refractivity contribution in [3.8, 4) is 0 Å². The second kappa shape index (κ2) is 3.89. The molecule has 1 aliphatic heterocycles. The second-order valence-electron chi connectivity index (χ2n) is 5.23. The van der Waals surface area contributed by atoms with Crippen molar-refractivity contribution in [2.45, 2.75) is 19.4 Å². The lowest BCUT2D eigenvalue weighted by Gasteiger charge is -2.03. The summed E-state index contributed by atoms with van der Waals surface area (Å²) in [5, 5.41) is 8.89. The van der Waals surface area contributed by atoms with Crippen LogP contribution in [0.3, 0.4) is 0 Å². The molecule has 2 aromatic carbocycles. The smallest absolute Gasteiger partial charge is 0.120 e. The standard InChI is InChI=1S/C17H14N2/c1-11-6-8-12(9-7-11)16-15-10-13-4-2-3-5-14(13)17(15)19-18-16/h2-9,17H,10H2,1H3. The molecule has 4 rings (SSSR count). The molecule has 0 saturated heterocycles. The number of azo groups is 1. The van der Waals surface area contributed by atoms with Crippen LogP contribution in [0.5, 0.6) is 0 Å². The van der Waals surface area contributed by atoms with Gasteiger partial charge in [-0.3, -0.25) is 0 Å². The highest BCUT2D eigenvalue weighted by Crippen LogP contribution is 2.46. The van der Waals surface area contributed by atoms with Gasteiger partial charge in [0.2, 0.25) is 0 Å². The molecule has 0 spiro atoms. The van der Waals surface area contributed by atoms with Crippen molar-refractivity contribution in [3.63, 3.8) is 0 Å². The fourth-order valence-corrected chi connectivity index (χ4v) is 2.93. The molecule has 19 heavy (non-hydrogen) atoms. The summed E-state index contributed by atoms with van der Waals surface area (Å²) in [6.45, 7) is 2.10. The van der Waals surface area contributed by atoms with E-state index in [0.717, 1.165) is 12.1 Å². The predicted molar refractivity (Wildman–Crippen MR) is 75.8 cm³/mol. The van der Waals surface area contributed by atoms with E-state index in [4.69, 9.17) is 0 Å². The molecule has 0 fully saturated rings. The van der Waals surface area contributed by atoms with Crippen molar-refractivity contribution in [1.82, 2.24) is 0 Å². The Balaban J connectivity index is 1.83. The summed E-state index contributed by atoms with van der Waals surface area (Å²) in [5.74, 6) is 0. The molecule has 1 aliphatic carbocycles. The average molecular weight is 246 g/mol. The SMILES string of the molecule is Cc1ccc(C2=C3Cc4ccccc4C3N=N2)cc1. The van der Waals surface area contributed by atoms with Gasteiger partial charge in [-0.15, -0.1) is 0 Å². The van der Waals surface area contributed by atoms with Crippen LogP contribution in [0.4, 0.5) is 0 Å². The summed E-state index contributed by atoms with van der Waals surface area (Å²) >= 11 is 0. The highest BCUT2D eigenvalue weighted by molar-refractivity contribution is 5.73. The molecule has 92 valence electrons. The lowest BCUT2D eigenvalue weighted by molar-refractivity contribution is 0.862. The van der Waals surface area contributed by atoms with E-state index in [1.807, 2.05) is 0 Å². The van der Waals surface area contributed by atoms with Crippen LogP contribution < -0.4 is 0 Å². The molecule has 2 heteroatoms. The second-order valence-corrected chi connectivity index (χ2v) is 5.23. The number of hydrogen-bond acceptors (Lipinski definition) is 2. The maximum absolute atomic E-state index is 4.47. The van der Waals surface area contributed by atoms with Crippen molar-refractivity contribution < 1.29 is 0 Å². The van der Waals surface area contributed by atoms with Crippen molar-refractivity contribution >= 4 is 5.70 Å². The van der Waals surface area contributed by atoms with Gasteiger partial charge in [0.1, 0.15) is 6.04 Å². The molecule has 1 heterocycles. The molecule has 2 nitrogen and oxygen atoms in total. The van der Waals surface area contributed by atoms with Gasteiger partial charge in [0, 0.05) is 5.56 Å². The van der Waals surface area contributed by atoms with Gasteiger partial charge in [0.25, 0.3) is 0 Å². The summed E-state index contributed by atoms with van der Waals surface area (Å²) in [4.78, 5) is 0. The molecular formula is C17H14N2. The first-order valence-corrected chi connectivity index (χ1v) is 6.61. The largest absolute Gasteiger partial charge is 0.176 e. The summed E-state index contributed by atoms with van der Waals surface area (Å²) in [6.07, 6.45) is 0.983. The first kappa shape index (κ1) is 10.7. The quantitative estimate of drug-likeness (QED) is 0.709. The first-order valence-electron chi connectivity index (χ1n) is 6.61. The number of hydrogen-bond donors (Lipinski definition) is 0. The molecule has 0 amide bonds. The molecular weight excluding hydrogens is 232 g/mol. The molecule has 0 saturated carbocycles. The van der Waals surface area contributed by atoms with Crippen molar-refractivity contribution in [2.75, 3.05) is 0 Å². The van der Waals surface area contributed by atoms with Crippen molar-refractivity contribution in [3.05, 3.63) is 76.4 Å². The fraction of sp³-hybridized carbons (Fsp3) is 0.176. The Labute approximate surface area is 112 Å². The summed E-state index contributed by atoms with van der Waals surface area (Å²) in [7, 11) is 0. The summed E-state index contributed by atoms with van der Waals surface area (Å²) in [6, 6.07) is 17.3. The van der Waals surface area contributed by atoms with Gasteiger partial charge < -0.3 is 0 Å². The number of nitrogens with zero attached hydrogens (tertiary/aromatic N) is 2. The zero-order valence-electron chi connectivity index (χ0n) is 10.8. The molecule has 1 atom stereocenters. The normalized spacial score (nSPS) is 19.7. The van der Waals surface area contributed by atoms with E-state index in [2.05, 4.69) is 65.7 Å². The van der Waals surface area contributed by atoms with Gasteiger partial charge in [-0.2, -0.15) is 10.2 Å². The summed E-state index contributed by atoms with van der Waals surface area (Å²) in [5.41, 5.74) is 7.59. The van der Waals surface area contributed by atoms with E-state index < -0.39 is 0 Å². The van der Waals surface area contributed by atoms with Crippen LogP contribution in [0, 0.1) is 6.92 Å². The van der Waals surface area contributed by atoms with Gasteiger partial charge in [-0.05, 0) is 30.0 Å². The van der Waals surface area contributed by atoms with Gasteiger partial charge in [-0.25, -0.2) is 0 Å². The maximum Gasteiger partial charge on any atom is 0.120 e. The van der Waals surface area contributed by atoms with Gasteiger partial charge in [-0.1, -0.05) is 54.1 Å². The Morgan fingerprint density at radius 1 is 1.00 bits per heavy atom. The maximum atomic E-state index is 4.47. The molecule has 2 aromatic rings. The molecule has 1 unspecified atom stereocenters. The van der Waals surface area contributed by atoms with Crippen LogP contribution in [-0.2, 0) is 6.42 Å². The monoisotopic (exact) mass is 246 g/mol. The van der Waals surface area contributed by atoms with E-state index in [-0.39, 0.29) is 6.04 Å². The average Bonchev–Trinajstić information content (AvgIpc) is 2.98. The minimum Gasteiger partial charge on any atom is -0.176 e. The van der Waals surface area contributed by atoms with Gasteiger partial charge in [0.15, 0.2) is 0 Å². The van der Waals surface area contributed by atoms with E-state index in [9.17, 15) is 0 Å². The summed E-state index contributed by atoms with van der Waals surface area (Å²) < 4.78 is 0. The Kier molecular flexibility index (Phi) is 2.18. The fourth-order valence-electron chi connectivity index (χ4n) is 2.93. The topological polar surface area (TPSA) is 24.7 Å². The van der Waals surface area contributed by atoms with Gasteiger partial charge >= 0.3 is 0 Å². The van der Waals surface area contributed by atoms with E-state index in [1.165, 1.54) is 27.8 Å². The van der Waals surface area contributed by atoms with Crippen molar-refractivity contribution in [1.29, 1.82) is 0 Å². The van der Waals surface area contributed by atoms with Gasteiger partial charge in [0.05, 0.1) is 5.70 Å². The Hall–Kier alpha value is -2.22. The lowest BCUT2D eigenvalue weighted by Crippen LogP contribution is -1.90. The minimum atomic E-state index is 0.160. The highest BCUT2D eigenvalue weighted by Gasteiger charge is 2.33. The van der Waals surface area contributed by atoms with E-state index >= 15 is 0 Å². The predicted octanol–water partition coefficient (Wildman–Crippen LogP) is 4.47.